The second kappa shape index (κ2) is 12.7. The number of carbonyl (C=O) groups is 3. The van der Waals surface area contributed by atoms with Crippen molar-refractivity contribution >= 4 is 17.9 Å². The van der Waals surface area contributed by atoms with Crippen LogP contribution < -0.4 is 16.0 Å². The number of hydrogen-bond acceptors (Lipinski definition) is 4. The molecule has 1 rings (SSSR count). The van der Waals surface area contributed by atoms with Gasteiger partial charge in [-0.15, -0.1) is 0 Å². The largest absolute Gasteiger partial charge is 0.469 e. The monoisotopic (exact) mass is 377 g/mol. The normalized spacial score (nSPS) is 10.4. The Morgan fingerprint density at radius 1 is 0.963 bits per heavy atom. The minimum atomic E-state index is -0.210. The molecule has 0 spiro atoms. The highest BCUT2D eigenvalue weighted by Gasteiger charge is 2.06. The zero-order valence-corrected chi connectivity index (χ0v) is 16.5. The molecule has 0 atom stereocenters. The van der Waals surface area contributed by atoms with E-state index in [0.717, 1.165) is 31.2 Å². The van der Waals surface area contributed by atoms with Gasteiger partial charge in [0.2, 0.25) is 0 Å². The second-order valence-corrected chi connectivity index (χ2v) is 6.67. The molecule has 0 saturated heterocycles. The molecule has 0 aliphatic carbocycles. The van der Waals surface area contributed by atoms with Crippen LogP contribution in [-0.2, 0) is 16.1 Å². The quantitative estimate of drug-likeness (QED) is 0.408. The molecule has 0 radical (unpaired) electrons. The van der Waals surface area contributed by atoms with Crippen molar-refractivity contribution in [2.75, 3.05) is 13.7 Å². The lowest BCUT2D eigenvalue weighted by molar-refractivity contribution is -0.140. The molecule has 3 N–H and O–H groups in total. The molecule has 0 heterocycles. The predicted octanol–water partition coefficient (Wildman–Crippen LogP) is 2.75. The Labute approximate surface area is 161 Å². The number of esters is 1. The van der Waals surface area contributed by atoms with Crippen LogP contribution in [-0.4, -0.2) is 37.6 Å². The molecule has 0 fully saturated rings. The zero-order valence-electron chi connectivity index (χ0n) is 16.5. The van der Waals surface area contributed by atoms with Gasteiger partial charge in [-0.3, -0.25) is 9.59 Å². The molecule has 0 unspecified atom stereocenters. The van der Waals surface area contributed by atoms with Crippen molar-refractivity contribution in [3.8, 4) is 0 Å². The van der Waals surface area contributed by atoms with Crippen molar-refractivity contribution in [1.29, 1.82) is 0 Å². The molecule has 1 aromatic carbocycles. The molecule has 0 saturated carbocycles. The van der Waals surface area contributed by atoms with Crippen molar-refractivity contribution in [3.63, 3.8) is 0 Å². The van der Waals surface area contributed by atoms with E-state index < -0.39 is 0 Å². The highest BCUT2D eigenvalue weighted by molar-refractivity contribution is 5.94. The number of benzene rings is 1. The average molecular weight is 377 g/mol. The molecule has 7 heteroatoms. The van der Waals surface area contributed by atoms with Gasteiger partial charge in [0.1, 0.15) is 0 Å². The number of carbonyl (C=O) groups excluding carboxylic acids is 3. The van der Waals surface area contributed by atoms with Gasteiger partial charge in [-0.25, -0.2) is 4.79 Å². The molecule has 0 bridgehead atoms. The third-order valence-electron chi connectivity index (χ3n) is 3.91. The van der Waals surface area contributed by atoms with Crippen molar-refractivity contribution in [2.24, 2.45) is 0 Å². The number of unbranched alkanes of at least 4 members (excludes halogenated alkanes) is 3. The maximum Gasteiger partial charge on any atom is 0.315 e. The zero-order chi connectivity index (χ0) is 20.1. The summed E-state index contributed by atoms with van der Waals surface area (Å²) in [4.78, 5) is 34.6. The summed E-state index contributed by atoms with van der Waals surface area (Å²) in [5.41, 5.74) is 1.52. The number of hydrogen-bond donors (Lipinski definition) is 3. The molecule has 1 aromatic rings. The summed E-state index contributed by atoms with van der Waals surface area (Å²) in [6.07, 6.45) is 4.03. The van der Waals surface area contributed by atoms with E-state index in [0.29, 0.717) is 25.1 Å². The van der Waals surface area contributed by atoms with E-state index in [4.69, 9.17) is 0 Å². The van der Waals surface area contributed by atoms with Gasteiger partial charge in [0.25, 0.3) is 5.91 Å². The van der Waals surface area contributed by atoms with Crippen LogP contribution in [0.15, 0.2) is 24.3 Å². The van der Waals surface area contributed by atoms with Crippen molar-refractivity contribution < 1.29 is 19.1 Å². The van der Waals surface area contributed by atoms with E-state index in [1.165, 1.54) is 7.11 Å². The lowest BCUT2D eigenvalue weighted by atomic mass is 10.1. The Morgan fingerprint density at radius 3 is 2.26 bits per heavy atom. The lowest BCUT2D eigenvalue weighted by Gasteiger charge is -2.10. The summed E-state index contributed by atoms with van der Waals surface area (Å²) >= 11 is 0. The summed E-state index contributed by atoms with van der Waals surface area (Å²) in [7, 11) is 1.39. The number of ether oxygens (including phenoxy) is 1. The van der Waals surface area contributed by atoms with Crippen LogP contribution in [0.5, 0.6) is 0 Å². The van der Waals surface area contributed by atoms with E-state index in [1.807, 2.05) is 26.0 Å². The van der Waals surface area contributed by atoms with E-state index in [-0.39, 0.29) is 23.9 Å². The fraction of sp³-hybridized carbons (Fsp3) is 0.550. The highest BCUT2D eigenvalue weighted by Crippen LogP contribution is 2.06. The van der Waals surface area contributed by atoms with Gasteiger partial charge in [0.05, 0.1) is 7.11 Å². The molecule has 150 valence electrons. The number of nitrogens with one attached hydrogen (secondary N) is 3. The minimum Gasteiger partial charge on any atom is -0.469 e. The molecule has 3 amide bonds. The van der Waals surface area contributed by atoms with E-state index in [2.05, 4.69) is 20.7 Å². The van der Waals surface area contributed by atoms with E-state index in [1.54, 1.807) is 12.1 Å². The Kier molecular flexibility index (Phi) is 10.6. The molecule has 0 aliphatic heterocycles. The van der Waals surface area contributed by atoms with Crippen LogP contribution in [0.3, 0.4) is 0 Å². The van der Waals surface area contributed by atoms with Crippen LogP contribution in [0.25, 0.3) is 0 Å². The first-order valence-electron chi connectivity index (χ1n) is 9.40. The number of urea groups is 1. The Morgan fingerprint density at radius 2 is 1.63 bits per heavy atom. The summed E-state index contributed by atoms with van der Waals surface area (Å²) in [5, 5.41) is 8.41. The molecule has 0 aliphatic rings. The molecular weight excluding hydrogens is 346 g/mol. The van der Waals surface area contributed by atoms with Gasteiger partial charge in [-0.05, 0) is 44.4 Å². The van der Waals surface area contributed by atoms with E-state index >= 15 is 0 Å². The van der Waals surface area contributed by atoms with Crippen LogP contribution in [0.2, 0.25) is 0 Å². The van der Waals surface area contributed by atoms with Gasteiger partial charge >= 0.3 is 12.0 Å². The maximum atomic E-state index is 12.1. The van der Waals surface area contributed by atoms with E-state index in [9.17, 15) is 14.4 Å². The summed E-state index contributed by atoms with van der Waals surface area (Å²) in [5.74, 6) is -0.288. The van der Waals surface area contributed by atoms with Crippen LogP contribution >= 0.6 is 0 Å². The third kappa shape index (κ3) is 10.2. The molecule has 7 nitrogen and oxygen atoms in total. The second-order valence-electron chi connectivity index (χ2n) is 6.67. The topological polar surface area (TPSA) is 96.5 Å². The fourth-order valence-electron chi connectivity index (χ4n) is 2.42. The first kappa shape index (κ1) is 22.5. The number of amides is 3. The molecule has 27 heavy (non-hydrogen) atoms. The summed E-state index contributed by atoms with van der Waals surface area (Å²) in [6.45, 7) is 4.81. The predicted molar refractivity (Wildman–Crippen MR) is 104 cm³/mol. The van der Waals surface area contributed by atoms with Crippen LogP contribution in [0.4, 0.5) is 4.79 Å². The molecule has 0 aromatic heterocycles. The van der Waals surface area contributed by atoms with Crippen LogP contribution in [0.1, 0.15) is 61.9 Å². The fourth-order valence-corrected chi connectivity index (χ4v) is 2.42. The van der Waals surface area contributed by atoms with Gasteiger partial charge in [-0.2, -0.15) is 0 Å². The molecular formula is C20H31N3O4. The third-order valence-corrected chi connectivity index (χ3v) is 3.91. The SMILES string of the molecule is COC(=O)CCCCCCNC(=O)c1ccc(CNC(=O)NC(C)C)cc1. The average Bonchev–Trinajstić information content (AvgIpc) is 2.65. The maximum absolute atomic E-state index is 12.1. The Balaban J connectivity index is 2.22. The van der Waals surface area contributed by atoms with Crippen molar-refractivity contribution in [2.45, 2.75) is 58.5 Å². The Hall–Kier alpha value is -2.57. The standard InChI is InChI=1S/C20H31N3O4/c1-15(2)23-20(26)22-14-16-9-11-17(12-10-16)19(25)21-13-7-5-4-6-8-18(24)27-3/h9-12,15H,4-8,13-14H2,1-3H3,(H,21,25)(H2,22,23,26). The Bertz CT molecular complexity index is 600. The minimum absolute atomic E-state index is 0.0870. The first-order valence-corrected chi connectivity index (χ1v) is 9.40. The van der Waals surface area contributed by atoms with Gasteiger partial charge in [-0.1, -0.05) is 25.0 Å². The smallest absolute Gasteiger partial charge is 0.315 e. The van der Waals surface area contributed by atoms with Crippen molar-refractivity contribution in [3.05, 3.63) is 35.4 Å². The van der Waals surface area contributed by atoms with Crippen molar-refractivity contribution in [1.82, 2.24) is 16.0 Å². The summed E-state index contributed by atoms with van der Waals surface area (Å²) < 4.78 is 4.59. The van der Waals surface area contributed by atoms with Gasteiger partial charge in [0, 0.05) is 31.1 Å². The van der Waals surface area contributed by atoms with Gasteiger partial charge in [0.15, 0.2) is 0 Å². The number of rotatable bonds is 11. The van der Waals surface area contributed by atoms with Gasteiger partial charge < -0.3 is 20.7 Å². The summed E-state index contributed by atoms with van der Waals surface area (Å²) in [6, 6.07) is 7.04. The number of methoxy groups -OCH3 is 1. The van der Waals surface area contributed by atoms with Crippen LogP contribution in [0, 0.1) is 0 Å². The lowest BCUT2D eigenvalue weighted by Crippen LogP contribution is -2.39. The first-order chi connectivity index (χ1) is 12.9. The highest BCUT2D eigenvalue weighted by atomic mass is 16.5.